The van der Waals surface area contributed by atoms with Crippen LogP contribution in [-0.4, -0.2) is 11.0 Å². The minimum absolute atomic E-state index is 0.0621. The first kappa shape index (κ1) is 15.9. The lowest BCUT2D eigenvalue weighted by atomic mass is 10.0. The molecule has 2 aromatic carbocycles. The Balaban J connectivity index is 1.68. The number of aromatic nitrogens is 1. The second kappa shape index (κ2) is 6.66. The van der Waals surface area contributed by atoms with Crippen LogP contribution in [0.4, 0.5) is 4.39 Å². The topological polar surface area (TPSA) is 52.3 Å². The minimum Gasteiger partial charge on any atom is -0.452 e. The number of benzene rings is 2. The third-order valence-corrected chi connectivity index (χ3v) is 3.83. The highest BCUT2D eigenvalue weighted by molar-refractivity contribution is 5.91. The van der Waals surface area contributed by atoms with E-state index in [1.807, 2.05) is 26.0 Å². The molecule has 0 aliphatic carbocycles. The summed E-state index contributed by atoms with van der Waals surface area (Å²) in [6, 6.07) is 11.4. The number of carbonyl (C=O) groups is 1. The van der Waals surface area contributed by atoms with E-state index in [2.05, 4.69) is 4.98 Å². The summed E-state index contributed by atoms with van der Waals surface area (Å²) < 4.78 is 23.7. The molecule has 0 unspecified atom stereocenters. The van der Waals surface area contributed by atoms with Gasteiger partial charge in [-0.2, -0.15) is 0 Å². The lowest BCUT2D eigenvalue weighted by molar-refractivity contribution is 0.0438. The number of halogens is 1. The van der Waals surface area contributed by atoms with Gasteiger partial charge in [-0.15, -0.1) is 0 Å². The molecule has 0 aliphatic rings. The Bertz CT molecular complexity index is 869. The third-order valence-electron chi connectivity index (χ3n) is 3.83. The first-order valence-corrected chi connectivity index (χ1v) is 7.48. The van der Waals surface area contributed by atoms with Crippen LogP contribution in [0, 0.1) is 19.7 Å². The Labute approximate surface area is 138 Å². The van der Waals surface area contributed by atoms with Gasteiger partial charge in [0.2, 0.25) is 5.89 Å². The predicted octanol–water partition coefficient (Wildman–Crippen LogP) is 4.45. The number of nitrogens with zero attached hydrogens (tertiary/aromatic N) is 1. The molecule has 0 amide bonds. The van der Waals surface area contributed by atoms with E-state index in [1.165, 1.54) is 18.3 Å². The van der Waals surface area contributed by atoms with Crippen molar-refractivity contribution < 1.29 is 18.3 Å². The molecular formula is C19H16FNO3. The number of rotatable bonds is 4. The third kappa shape index (κ3) is 3.35. The number of hydrogen-bond acceptors (Lipinski definition) is 4. The fourth-order valence-electron chi connectivity index (χ4n) is 2.30. The van der Waals surface area contributed by atoms with Crippen molar-refractivity contribution in [2.24, 2.45) is 0 Å². The van der Waals surface area contributed by atoms with Crippen LogP contribution in [0.2, 0.25) is 0 Å². The van der Waals surface area contributed by atoms with Gasteiger partial charge in [0.05, 0.1) is 11.8 Å². The maximum absolute atomic E-state index is 12.9. The van der Waals surface area contributed by atoms with Gasteiger partial charge in [-0.1, -0.05) is 12.1 Å². The molecule has 3 rings (SSSR count). The lowest BCUT2D eigenvalue weighted by Gasteiger charge is -2.07. The smallest absolute Gasteiger partial charge is 0.338 e. The normalized spacial score (nSPS) is 10.6. The van der Waals surface area contributed by atoms with Crippen molar-refractivity contribution in [3.05, 3.63) is 77.1 Å². The SMILES string of the molecule is Cc1cccc(C(=O)OCc2ncc(-c3ccc(F)cc3)o2)c1C. The number of ether oxygens (including phenoxy) is 1. The van der Waals surface area contributed by atoms with Gasteiger partial charge in [0.15, 0.2) is 12.4 Å². The highest BCUT2D eigenvalue weighted by atomic mass is 19.1. The van der Waals surface area contributed by atoms with E-state index in [-0.39, 0.29) is 18.3 Å². The van der Waals surface area contributed by atoms with Crippen LogP contribution in [0.15, 0.2) is 53.1 Å². The van der Waals surface area contributed by atoms with Gasteiger partial charge in [-0.3, -0.25) is 0 Å². The molecule has 24 heavy (non-hydrogen) atoms. The van der Waals surface area contributed by atoms with Crippen LogP contribution in [0.5, 0.6) is 0 Å². The molecule has 0 N–H and O–H groups in total. The van der Waals surface area contributed by atoms with Crippen LogP contribution in [0.25, 0.3) is 11.3 Å². The Morgan fingerprint density at radius 3 is 2.67 bits per heavy atom. The molecule has 1 heterocycles. The number of hydrogen-bond donors (Lipinski definition) is 0. The van der Waals surface area contributed by atoms with Crippen molar-refractivity contribution in [2.75, 3.05) is 0 Å². The fraction of sp³-hybridized carbons (Fsp3) is 0.158. The molecule has 0 fully saturated rings. The first-order valence-electron chi connectivity index (χ1n) is 7.48. The second-order valence-electron chi connectivity index (χ2n) is 5.45. The monoisotopic (exact) mass is 325 g/mol. The summed E-state index contributed by atoms with van der Waals surface area (Å²) >= 11 is 0. The minimum atomic E-state index is -0.419. The summed E-state index contributed by atoms with van der Waals surface area (Å²) in [5.74, 6) is 0.0411. The molecule has 0 aliphatic heterocycles. The molecule has 4 nitrogen and oxygen atoms in total. The Morgan fingerprint density at radius 2 is 1.92 bits per heavy atom. The van der Waals surface area contributed by atoms with E-state index < -0.39 is 5.97 Å². The van der Waals surface area contributed by atoms with Gasteiger partial charge in [-0.05, 0) is 55.3 Å². The number of aryl methyl sites for hydroxylation is 1. The van der Waals surface area contributed by atoms with Crippen LogP contribution >= 0.6 is 0 Å². The zero-order valence-electron chi connectivity index (χ0n) is 13.4. The lowest BCUT2D eigenvalue weighted by Crippen LogP contribution is -2.08. The average Bonchev–Trinajstić information content (AvgIpc) is 3.05. The summed E-state index contributed by atoms with van der Waals surface area (Å²) in [6.45, 7) is 3.76. The molecule has 0 saturated carbocycles. The molecule has 0 saturated heterocycles. The van der Waals surface area contributed by atoms with E-state index in [0.717, 1.165) is 11.1 Å². The molecule has 122 valence electrons. The van der Waals surface area contributed by atoms with Crippen LogP contribution in [-0.2, 0) is 11.3 Å². The number of esters is 1. The molecule has 0 spiro atoms. The van der Waals surface area contributed by atoms with Crippen LogP contribution in [0.3, 0.4) is 0 Å². The summed E-state index contributed by atoms with van der Waals surface area (Å²) in [4.78, 5) is 16.3. The van der Waals surface area contributed by atoms with Crippen molar-refractivity contribution in [2.45, 2.75) is 20.5 Å². The Hall–Kier alpha value is -2.95. The number of carbonyl (C=O) groups excluding carboxylic acids is 1. The van der Waals surface area contributed by atoms with Gasteiger partial charge < -0.3 is 9.15 Å². The molecule has 0 bridgehead atoms. The molecular weight excluding hydrogens is 309 g/mol. The van der Waals surface area contributed by atoms with E-state index in [0.29, 0.717) is 16.9 Å². The van der Waals surface area contributed by atoms with Crippen LogP contribution in [0.1, 0.15) is 27.4 Å². The molecule has 1 aromatic heterocycles. The van der Waals surface area contributed by atoms with Gasteiger partial charge in [0.25, 0.3) is 0 Å². The molecule has 5 heteroatoms. The van der Waals surface area contributed by atoms with Crippen molar-refractivity contribution in [3.63, 3.8) is 0 Å². The van der Waals surface area contributed by atoms with Gasteiger partial charge in [-0.25, -0.2) is 14.2 Å². The Kier molecular flexibility index (Phi) is 4.42. The zero-order valence-corrected chi connectivity index (χ0v) is 13.4. The standard InChI is InChI=1S/C19H16FNO3/c1-12-4-3-5-16(13(12)2)19(22)23-11-18-21-10-17(24-18)14-6-8-15(20)9-7-14/h3-10H,11H2,1-2H3. The Morgan fingerprint density at radius 1 is 1.17 bits per heavy atom. The van der Waals surface area contributed by atoms with Crippen molar-refractivity contribution >= 4 is 5.97 Å². The highest BCUT2D eigenvalue weighted by Gasteiger charge is 2.14. The van der Waals surface area contributed by atoms with Crippen molar-refractivity contribution in [3.8, 4) is 11.3 Å². The highest BCUT2D eigenvalue weighted by Crippen LogP contribution is 2.21. The van der Waals surface area contributed by atoms with Gasteiger partial charge in [0, 0.05) is 5.56 Å². The van der Waals surface area contributed by atoms with E-state index in [4.69, 9.17) is 9.15 Å². The van der Waals surface area contributed by atoms with E-state index >= 15 is 0 Å². The fourth-order valence-corrected chi connectivity index (χ4v) is 2.30. The average molecular weight is 325 g/mol. The quantitative estimate of drug-likeness (QED) is 0.665. The maximum atomic E-state index is 12.9. The summed E-state index contributed by atoms with van der Waals surface area (Å²) in [7, 11) is 0. The predicted molar refractivity (Wildman–Crippen MR) is 86.9 cm³/mol. The summed E-state index contributed by atoms with van der Waals surface area (Å²) in [5.41, 5.74) is 3.15. The first-order chi connectivity index (χ1) is 11.5. The van der Waals surface area contributed by atoms with Gasteiger partial charge >= 0.3 is 5.97 Å². The summed E-state index contributed by atoms with van der Waals surface area (Å²) in [6.07, 6.45) is 1.52. The van der Waals surface area contributed by atoms with E-state index in [9.17, 15) is 9.18 Å². The largest absolute Gasteiger partial charge is 0.452 e. The molecule has 0 atom stereocenters. The van der Waals surface area contributed by atoms with E-state index in [1.54, 1.807) is 18.2 Å². The van der Waals surface area contributed by atoms with Gasteiger partial charge in [0.1, 0.15) is 5.82 Å². The number of oxazole rings is 1. The second-order valence-corrected chi connectivity index (χ2v) is 5.45. The maximum Gasteiger partial charge on any atom is 0.338 e. The summed E-state index contributed by atoms with van der Waals surface area (Å²) in [5, 5.41) is 0. The van der Waals surface area contributed by atoms with Crippen LogP contribution < -0.4 is 0 Å². The molecule has 0 radical (unpaired) electrons. The molecule has 3 aromatic rings. The van der Waals surface area contributed by atoms with Crippen molar-refractivity contribution in [1.29, 1.82) is 0 Å². The van der Waals surface area contributed by atoms with Crippen molar-refractivity contribution in [1.82, 2.24) is 4.98 Å². The zero-order chi connectivity index (χ0) is 17.1.